The predicted octanol–water partition coefficient (Wildman–Crippen LogP) is 13.9. The van der Waals surface area contributed by atoms with E-state index in [0.717, 1.165) is 37.8 Å². The maximum Gasteiger partial charge on any atom is 0.313 e. The van der Waals surface area contributed by atoms with Crippen molar-refractivity contribution in [2.24, 2.45) is 23.7 Å². The van der Waals surface area contributed by atoms with Crippen LogP contribution < -0.4 is 68.6 Å². The molecule has 5 aromatic carbocycles. The van der Waals surface area contributed by atoms with Crippen molar-refractivity contribution >= 4 is 57.8 Å². The molecule has 5 aromatic rings. The van der Waals surface area contributed by atoms with Gasteiger partial charge in [-0.3, -0.25) is 39.4 Å². The van der Waals surface area contributed by atoms with E-state index in [1.165, 1.54) is 91.2 Å². The third kappa shape index (κ3) is 24.5. The molecule has 4 atom stereocenters. The van der Waals surface area contributed by atoms with Gasteiger partial charge in [-0.2, -0.15) is 0 Å². The molecule has 100 heavy (non-hydrogen) atoms. The van der Waals surface area contributed by atoms with Gasteiger partial charge in [0.1, 0.15) is 72.4 Å². The minimum absolute atomic E-state index is 0.00559. The van der Waals surface area contributed by atoms with Gasteiger partial charge >= 0.3 is 11.4 Å². The fraction of sp³-hybridized carbons (Fsp3) is 0.528. The second kappa shape index (κ2) is 40.0. The van der Waals surface area contributed by atoms with Gasteiger partial charge in [-0.05, 0) is 95.2 Å². The Kier molecular flexibility index (Phi) is 32.5. The third-order valence-corrected chi connectivity index (χ3v) is 15.3. The minimum atomic E-state index is -0.888. The first-order chi connectivity index (χ1) is 47.5. The Morgan fingerprint density at radius 2 is 0.530 bits per heavy atom. The van der Waals surface area contributed by atoms with Gasteiger partial charge in [0.15, 0.2) is 0 Å². The quantitative estimate of drug-likeness (QED) is 0.0208. The van der Waals surface area contributed by atoms with Gasteiger partial charge in [-0.1, -0.05) is 55.4 Å². The summed E-state index contributed by atoms with van der Waals surface area (Å²) in [6.45, 7) is 25.1. The first-order valence-electron chi connectivity index (χ1n) is 33.2. The zero-order valence-corrected chi connectivity index (χ0v) is 60.8. The molecule has 28 nitrogen and oxygen atoms in total. The van der Waals surface area contributed by atoms with Crippen LogP contribution in [0.1, 0.15) is 150 Å². The summed E-state index contributed by atoms with van der Waals surface area (Å²) >= 11 is 0. The Labute approximate surface area is 585 Å². The summed E-state index contributed by atoms with van der Waals surface area (Å²) in [4.78, 5) is 83.3. The number of amides is 4. The number of methoxy groups -OCH3 is 6. The summed E-state index contributed by atoms with van der Waals surface area (Å²) in [5, 5.41) is 35.6. The first-order valence-corrected chi connectivity index (χ1v) is 33.2. The number of anilines is 4. The molecule has 4 N–H and O–H groups in total. The fourth-order valence-electron chi connectivity index (χ4n) is 9.45. The minimum Gasteiger partial charge on any atom is -0.494 e. The summed E-state index contributed by atoms with van der Waals surface area (Å²) < 4.78 is 83.0. The van der Waals surface area contributed by atoms with E-state index in [9.17, 15) is 29.8 Å². The van der Waals surface area contributed by atoms with Gasteiger partial charge in [0.2, 0.25) is 11.5 Å². The van der Waals surface area contributed by atoms with E-state index in [-0.39, 0.29) is 129 Å². The average Bonchev–Trinajstić information content (AvgIpc) is 0.793. The Balaban J connectivity index is 1.70. The Morgan fingerprint density at radius 1 is 0.320 bits per heavy atom. The van der Waals surface area contributed by atoms with Gasteiger partial charge in [-0.15, -0.1) is 0 Å². The summed E-state index contributed by atoms with van der Waals surface area (Å²) in [6, 6.07) is 12.6. The van der Waals surface area contributed by atoms with Crippen LogP contribution in [0.25, 0.3) is 0 Å². The Bertz CT molecular complexity index is 3340. The van der Waals surface area contributed by atoms with Crippen LogP contribution in [0.5, 0.6) is 57.5 Å². The number of nitrogens with zero attached hydrogens (tertiary/aromatic N) is 2. The lowest BCUT2D eigenvalue weighted by Crippen LogP contribution is -2.24. The van der Waals surface area contributed by atoms with E-state index >= 15 is 9.59 Å². The molecule has 550 valence electrons. The van der Waals surface area contributed by atoms with Crippen LogP contribution in [0.3, 0.4) is 0 Å². The van der Waals surface area contributed by atoms with Crippen LogP contribution in [0.4, 0.5) is 34.1 Å². The lowest BCUT2D eigenvalue weighted by molar-refractivity contribution is -0.385. The molecule has 0 aliphatic heterocycles. The fourth-order valence-corrected chi connectivity index (χ4v) is 9.45. The van der Waals surface area contributed by atoms with Crippen molar-refractivity contribution < 1.29 is 95.3 Å². The van der Waals surface area contributed by atoms with E-state index in [1.54, 1.807) is 27.7 Å². The van der Waals surface area contributed by atoms with E-state index in [1.807, 2.05) is 0 Å². The molecule has 28 heteroatoms. The summed E-state index contributed by atoms with van der Waals surface area (Å²) in [5.41, 5.74) is -2.19. The van der Waals surface area contributed by atoms with Gasteiger partial charge in [-0.25, -0.2) is 0 Å². The van der Waals surface area contributed by atoms with Crippen LogP contribution in [0.15, 0.2) is 60.7 Å². The molecule has 4 amide bonds. The number of nitro groups is 2. The van der Waals surface area contributed by atoms with Gasteiger partial charge in [0.05, 0.1) is 122 Å². The predicted molar refractivity (Wildman–Crippen MR) is 378 cm³/mol. The Hall–Kier alpha value is -9.38. The van der Waals surface area contributed by atoms with Crippen molar-refractivity contribution in [1.29, 1.82) is 0 Å². The van der Waals surface area contributed by atoms with E-state index in [2.05, 4.69) is 76.7 Å². The second-order valence-electron chi connectivity index (χ2n) is 25.4. The zero-order valence-electron chi connectivity index (χ0n) is 60.8. The van der Waals surface area contributed by atoms with Crippen molar-refractivity contribution in [2.45, 2.75) is 133 Å². The number of carbonyl (C=O) groups excluding carboxylic acids is 4. The standard InChI is InChI=1S/C72H100N6O22/c1-41(2)19-23-93-45(9)37-97-59-32-61(99-39-47(11)95-25-21-43(5)6)51(71(81)75-55-30-57(77(83)84)67(91-17)35-65(55)89-15)27-49(59)69(79)73-53-29-54(64(88-14)34-63(53)87-13)74-70(80)50-28-52(72(82)76-56-31-58(78(85)86)68(92-18)36-66(56)90-16)62(100-40-48(12)96-26-22-44(7)8)33-60(50)98-38-46(10)94-24-20-42(3)4/h27-36,41-48H,19-26,37-40H2,1-18H3,(H,73,79)(H,74,80)(H,75,81)(H,76,82)/t45-,46-,47-,48-/m0/s1. The molecule has 0 unspecified atom stereocenters. The number of hydrogen-bond donors (Lipinski definition) is 4. The van der Waals surface area contributed by atoms with Crippen molar-refractivity contribution in [2.75, 3.05) is 117 Å². The number of hydrogen-bond acceptors (Lipinski definition) is 22. The highest BCUT2D eigenvalue weighted by Crippen LogP contribution is 2.43. The highest BCUT2D eigenvalue weighted by atomic mass is 16.6. The molecule has 0 saturated heterocycles. The van der Waals surface area contributed by atoms with Crippen molar-refractivity contribution in [1.82, 2.24) is 0 Å². The van der Waals surface area contributed by atoms with Gasteiger partial charge in [0, 0.05) is 68.9 Å². The van der Waals surface area contributed by atoms with Crippen LogP contribution >= 0.6 is 0 Å². The molecule has 5 rings (SSSR count). The van der Waals surface area contributed by atoms with E-state index in [4.69, 9.17) is 66.3 Å². The summed E-state index contributed by atoms with van der Waals surface area (Å²) in [7, 11) is 7.78. The molecule has 0 spiro atoms. The van der Waals surface area contributed by atoms with E-state index in [0.29, 0.717) is 50.1 Å². The zero-order chi connectivity index (χ0) is 73.9. The topological polar surface area (TPSA) is 332 Å². The van der Waals surface area contributed by atoms with Crippen molar-refractivity contribution in [3.8, 4) is 57.5 Å². The molecule has 0 aliphatic rings. The normalized spacial score (nSPS) is 12.5. The van der Waals surface area contributed by atoms with Crippen LogP contribution in [0.2, 0.25) is 0 Å². The van der Waals surface area contributed by atoms with Crippen LogP contribution in [0, 0.1) is 43.9 Å². The SMILES string of the molecule is COc1cc(OC)c(NC(=O)c2cc(C(=O)Nc3cc([N+](=O)[O-])c(OC)cc3OC)c(OC[C@H](C)OCCC(C)C)cc2OC[C@H](C)OCCC(C)C)cc1NC(=O)c1cc(C(=O)Nc2cc([N+](=O)[O-])c(OC)cc2OC)c(OC[C@H](C)OCCC(C)C)cc1OC[C@H](C)OCCC(C)C. The molecule has 0 radical (unpaired) electrons. The number of benzene rings is 5. The van der Waals surface area contributed by atoms with Crippen molar-refractivity contribution in [3.05, 3.63) is 103 Å². The molecule has 0 bridgehead atoms. The lowest BCUT2D eigenvalue weighted by atomic mass is 10.1. The smallest absolute Gasteiger partial charge is 0.313 e. The highest BCUT2D eigenvalue weighted by Gasteiger charge is 2.30. The number of rotatable bonds is 44. The van der Waals surface area contributed by atoms with E-state index < -0.39 is 69.3 Å². The number of nitro benzene ring substituents is 2. The average molecular weight is 1400 g/mol. The molecule has 0 heterocycles. The molecular formula is C72H100N6O22. The third-order valence-electron chi connectivity index (χ3n) is 15.3. The first kappa shape index (κ1) is 81.3. The highest BCUT2D eigenvalue weighted by molar-refractivity contribution is 6.14. The summed E-state index contributed by atoms with van der Waals surface area (Å²) in [6.07, 6.45) is 1.08. The van der Waals surface area contributed by atoms with Crippen molar-refractivity contribution in [3.63, 3.8) is 0 Å². The number of carbonyl (C=O) groups is 4. The molecule has 0 saturated carbocycles. The summed E-state index contributed by atoms with van der Waals surface area (Å²) in [5.74, 6) is -2.58. The monoisotopic (exact) mass is 1400 g/mol. The van der Waals surface area contributed by atoms with Gasteiger partial charge < -0.3 is 87.6 Å². The molecular weight excluding hydrogens is 1300 g/mol. The maximum absolute atomic E-state index is 15.3. The number of nitrogens with one attached hydrogen (secondary N) is 4. The largest absolute Gasteiger partial charge is 0.494 e. The lowest BCUT2D eigenvalue weighted by Gasteiger charge is -2.22. The molecule has 0 aromatic heterocycles. The number of ether oxygens (including phenoxy) is 14. The molecule has 0 fully saturated rings. The maximum atomic E-state index is 15.3. The Morgan fingerprint density at radius 3 is 0.740 bits per heavy atom. The van der Waals surface area contributed by atoms with Crippen LogP contribution in [-0.2, 0) is 18.9 Å². The van der Waals surface area contributed by atoms with Crippen LogP contribution in [-0.4, -0.2) is 153 Å². The molecule has 0 aliphatic carbocycles. The second-order valence-corrected chi connectivity index (χ2v) is 25.4. The van der Waals surface area contributed by atoms with Gasteiger partial charge in [0.25, 0.3) is 23.6 Å².